The number of hydrogen-bond acceptors (Lipinski definition) is 2. The molecule has 2 nitrogen and oxygen atoms in total. The van der Waals surface area contributed by atoms with Crippen LogP contribution >= 0.6 is 0 Å². The Morgan fingerprint density at radius 3 is 3.08 bits per heavy atom. The van der Waals surface area contributed by atoms with E-state index in [-0.39, 0.29) is 17.8 Å². The molecule has 0 saturated heterocycles. The van der Waals surface area contributed by atoms with Gasteiger partial charge >= 0.3 is 0 Å². The van der Waals surface area contributed by atoms with Gasteiger partial charge in [0.1, 0.15) is 0 Å². The van der Waals surface area contributed by atoms with E-state index in [4.69, 9.17) is 4.74 Å². The molecule has 3 aliphatic rings. The van der Waals surface area contributed by atoms with Crippen molar-refractivity contribution in [3.63, 3.8) is 0 Å². The standard InChI is InChI=1S/C11H14O2/c1-2-13-11-7-9-4-3-8(11)5-6-10(9)12/h3-6,8-9,11H,2,7H2,1H3/t8-,9-,11+/m0/s1. The third kappa shape index (κ3) is 1.59. The monoisotopic (exact) mass is 178 g/mol. The first-order valence-electron chi connectivity index (χ1n) is 4.83. The van der Waals surface area contributed by atoms with Gasteiger partial charge in [0.05, 0.1) is 6.10 Å². The summed E-state index contributed by atoms with van der Waals surface area (Å²) in [5.74, 6) is 0.593. The van der Waals surface area contributed by atoms with Gasteiger partial charge in [0.15, 0.2) is 5.78 Å². The topological polar surface area (TPSA) is 26.3 Å². The van der Waals surface area contributed by atoms with E-state index >= 15 is 0 Å². The Hall–Kier alpha value is -0.890. The molecule has 0 aromatic rings. The Labute approximate surface area is 78.3 Å². The molecular weight excluding hydrogens is 164 g/mol. The summed E-state index contributed by atoms with van der Waals surface area (Å²) in [6.07, 6.45) is 8.84. The molecule has 0 aromatic heterocycles. The molecule has 2 bridgehead atoms. The zero-order valence-corrected chi connectivity index (χ0v) is 7.77. The summed E-state index contributed by atoms with van der Waals surface area (Å²) >= 11 is 0. The first kappa shape index (κ1) is 8.70. The van der Waals surface area contributed by atoms with Crippen molar-refractivity contribution in [2.75, 3.05) is 6.61 Å². The van der Waals surface area contributed by atoms with Crippen molar-refractivity contribution in [1.82, 2.24) is 0 Å². The molecule has 2 heteroatoms. The summed E-state index contributed by atoms with van der Waals surface area (Å²) in [6.45, 7) is 2.72. The zero-order valence-electron chi connectivity index (χ0n) is 7.77. The molecule has 0 unspecified atom stereocenters. The summed E-state index contributed by atoms with van der Waals surface area (Å²) in [6, 6.07) is 0. The smallest absolute Gasteiger partial charge is 0.162 e. The normalized spacial score (nSPS) is 36.7. The maximum atomic E-state index is 11.4. The van der Waals surface area contributed by atoms with Crippen molar-refractivity contribution < 1.29 is 9.53 Å². The van der Waals surface area contributed by atoms with Crippen LogP contribution in [-0.2, 0) is 9.53 Å². The van der Waals surface area contributed by atoms with Gasteiger partial charge in [-0.1, -0.05) is 18.2 Å². The maximum Gasteiger partial charge on any atom is 0.162 e. The van der Waals surface area contributed by atoms with Crippen molar-refractivity contribution >= 4 is 5.78 Å². The summed E-state index contributed by atoms with van der Waals surface area (Å²) in [5.41, 5.74) is 0. The average molecular weight is 178 g/mol. The summed E-state index contributed by atoms with van der Waals surface area (Å²) in [5, 5.41) is 0. The van der Waals surface area contributed by atoms with Crippen LogP contribution in [0, 0.1) is 11.8 Å². The van der Waals surface area contributed by atoms with E-state index in [9.17, 15) is 4.79 Å². The molecule has 3 aliphatic carbocycles. The van der Waals surface area contributed by atoms with Crippen molar-refractivity contribution in [3.8, 4) is 0 Å². The molecule has 0 amide bonds. The Morgan fingerprint density at radius 2 is 2.31 bits per heavy atom. The predicted octanol–water partition coefficient (Wildman–Crippen LogP) is 1.72. The molecule has 0 N–H and O–H groups in total. The first-order chi connectivity index (χ1) is 6.31. The van der Waals surface area contributed by atoms with E-state index in [1.807, 2.05) is 19.1 Å². The van der Waals surface area contributed by atoms with Crippen LogP contribution in [0.1, 0.15) is 13.3 Å². The van der Waals surface area contributed by atoms with Crippen molar-refractivity contribution in [1.29, 1.82) is 0 Å². The third-order valence-electron chi connectivity index (χ3n) is 2.71. The summed E-state index contributed by atoms with van der Waals surface area (Å²) in [7, 11) is 0. The molecule has 0 fully saturated rings. The second kappa shape index (κ2) is 3.46. The minimum atomic E-state index is 0.0616. The Kier molecular flexibility index (Phi) is 2.32. The molecule has 3 rings (SSSR count). The maximum absolute atomic E-state index is 11.4. The SMILES string of the molecule is CCO[C@@H]1C[C@@H]2C=C[C@H]1C=CC2=O. The number of fused-ring (bicyclic) bond motifs is 2. The van der Waals surface area contributed by atoms with Crippen LogP contribution in [0.4, 0.5) is 0 Å². The molecule has 70 valence electrons. The second-order valence-corrected chi connectivity index (χ2v) is 3.56. The number of rotatable bonds is 2. The van der Waals surface area contributed by atoms with Crippen LogP contribution in [0.2, 0.25) is 0 Å². The molecule has 0 aromatic carbocycles. The van der Waals surface area contributed by atoms with Gasteiger partial charge in [-0.3, -0.25) is 4.79 Å². The van der Waals surface area contributed by atoms with Gasteiger partial charge in [-0.25, -0.2) is 0 Å². The van der Waals surface area contributed by atoms with Gasteiger partial charge < -0.3 is 4.74 Å². The first-order valence-corrected chi connectivity index (χ1v) is 4.83. The minimum Gasteiger partial charge on any atom is -0.378 e. The molecule has 0 saturated carbocycles. The van der Waals surface area contributed by atoms with Gasteiger partial charge in [-0.05, 0) is 19.4 Å². The number of hydrogen-bond donors (Lipinski definition) is 0. The number of ketones is 1. The third-order valence-corrected chi connectivity index (χ3v) is 2.71. The lowest BCUT2D eigenvalue weighted by molar-refractivity contribution is -0.118. The van der Waals surface area contributed by atoms with E-state index in [0.717, 1.165) is 13.0 Å². The lowest BCUT2D eigenvalue weighted by Gasteiger charge is -2.26. The second-order valence-electron chi connectivity index (χ2n) is 3.56. The quantitative estimate of drug-likeness (QED) is 0.602. The Bertz CT molecular complexity index is 265. The fraction of sp³-hybridized carbons (Fsp3) is 0.545. The molecule has 0 radical (unpaired) electrons. The van der Waals surface area contributed by atoms with Crippen LogP contribution in [0.5, 0.6) is 0 Å². The number of ether oxygens (including phenoxy) is 1. The Balaban J connectivity index is 2.19. The highest BCUT2D eigenvalue weighted by molar-refractivity contribution is 5.93. The zero-order chi connectivity index (χ0) is 9.26. The highest BCUT2D eigenvalue weighted by Crippen LogP contribution is 2.30. The fourth-order valence-electron chi connectivity index (χ4n) is 1.99. The van der Waals surface area contributed by atoms with Gasteiger partial charge in [-0.15, -0.1) is 0 Å². The number of carbonyl (C=O) groups excluding carboxylic acids is 1. The molecule has 0 aliphatic heterocycles. The van der Waals surface area contributed by atoms with E-state index < -0.39 is 0 Å². The minimum absolute atomic E-state index is 0.0616. The highest BCUT2D eigenvalue weighted by Gasteiger charge is 2.31. The lowest BCUT2D eigenvalue weighted by Crippen LogP contribution is -2.27. The summed E-state index contributed by atoms with van der Waals surface area (Å²) < 4.78 is 5.59. The molecule has 13 heavy (non-hydrogen) atoms. The number of allylic oxidation sites excluding steroid dienone is 2. The van der Waals surface area contributed by atoms with Gasteiger partial charge in [0.2, 0.25) is 0 Å². The van der Waals surface area contributed by atoms with Gasteiger partial charge in [0, 0.05) is 18.4 Å². The number of carbonyl (C=O) groups is 1. The Morgan fingerprint density at radius 1 is 1.46 bits per heavy atom. The summed E-state index contributed by atoms with van der Waals surface area (Å²) in [4.78, 5) is 11.4. The predicted molar refractivity (Wildman–Crippen MR) is 50.3 cm³/mol. The van der Waals surface area contributed by atoms with Crippen molar-refractivity contribution in [2.24, 2.45) is 11.8 Å². The van der Waals surface area contributed by atoms with Gasteiger partial charge in [-0.2, -0.15) is 0 Å². The largest absolute Gasteiger partial charge is 0.378 e. The van der Waals surface area contributed by atoms with Gasteiger partial charge in [0.25, 0.3) is 0 Å². The van der Waals surface area contributed by atoms with Crippen molar-refractivity contribution in [3.05, 3.63) is 24.3 Å². The highest BCUT2D eigenvalue weighted by atomic mass is 16.5. The molecule has 0 heterocycles. The van der Waals surface area contributed by atoms with E-state index in [2.05, 4.69) is 6.08 Å². The van der Waals surface area contributed by atoms with E-state index in [0.29, 0.717) is 5.92 Å². The molecule has 3 atom stereocenters. The van der Waals surface area contributed by atoms with Crippen molar-refractivity contribution in [2.45, 2.75) is 19.4 Å². The van der Waals surface area contributed by atoms with E-state index in [1.165, 1.54) is 0 Å². The van der Waals surface area contributed by atoms with Crippen LogP contribution in [-0.4, -0.2) is 18.5 Å². The fourth-order valence-corrected chi connectivity index (χ4v) is 1.99. The molecular formula is C11H14O2. The average Bonchev–Trinajstić information content (AvgIpc) is 2.39. The van der Waals surface area contributed by atoms with Crippen LogP contribution in [0.25, 0.3) is 0 Å². The van der Waals surface area contributed by atoms with Crippen LogP contribution in [0.3, 0.4) is 0 Å². The van der Waals surface area contributed by atoms with E-state index in [1.54, 1.807) is 6.08 Å². The molecule has 0 spiro atoms. The lowest BCUT2D eigenvalue weighted by atomic mass is 9.87. The van der Waals surface area contributed by atoms with Crippen LogP contribution in [0.15, 0.2) is 24.3 Å². The van der Waals surface area contributed by atoms with Crippen LogP contribution < -0.4 is 0 Å².